The molecule has 0 fully saturated rings. The fourth-order valence-electron chi connectivity index (χ4n) is 3.22. The minimum Gasteiger partial charge on any atom is -0.454 e. The van der Waals surface area contributed by atoms with Gasteiger partial charge in [0.05, 0.1) is 6.04 Å². The van der Waals surface area contributed by atoms with Crippen molar-refractivity contribution in [2.45, 2.75) is 33.0 Å². The van der Waals surface area contributed by atoms with Gasteiger partial charge in [-0.05, 0) is 32.0 Å². The highest BCUT2D eigenvalue weighted by atomic mass is 16.7. The van der Waals surface area contributed by atoms with Gasteiger partial charge in [0.2, 0.25) is 6.79 Å². The van der Waals surface area contributed by atoms with E-state index < -0.39 is 0 Å². The van der Waals surface area contributed by atoms with Gasteiger partial charge in [0.25, 0.3) is 5.91 Å². The summed E-state index contributed by atoms with van der Waals surface area (Å²) in [4.78, 5) is 14.8. The van der Waals surface area contributed by atoms with E-state index in [2.05, 4.69) is 10.2 Å². The van der Waals surface area contributed by atoms with Gasteiger partial charge in [-0.25, -0.2) is 0 Å². The third kappa shape index (κ3) is 2.72. The Morgan fingerprint density at radius 2 is 2.12 bits per heavy atom. The molecule has 25 heavy (non-hydrogen) atoms. The number of aromatic nitrogens is 3. The van der Waals surface area contributed by atoms with Crippen molar-refractivity contribution in [1.82, 2.24) is 19.7 Å². The Hall–Kier alpha value is -2.61. The molecule has 1 aromatic heterocycles. The first-order chi connectivity index (χ1) is 12.2. The summed E-state index contributed by atoms with van der Waals surface area (Å²) < 4.78 is 18.1. The van der Waals surface area contributed by atoms with Crippen molar-refractivity contribution in [3.05, 3.63) is 35.4 Å². The second-order valence-electron chi connectivity index (χ2n) is 6.01. The molecule has 2 aromatic rings. The molecule has 8 nitrogen and oxygen atoms in total. The monoisotopic (exact) mass is 344 g/mol. The van der Waals surface area contributed by atoms with Gasteiger partial charge < -0.3 is 23.7 Å². The first-order valence-corrected chi connectivity index (χ1v) is 8.39. The Balaban J connectivity index is 1.56. The van der Waals surface area contributed by atoms with Gasteiger partial charge in [-0.15, -0.1) is 10.2 Å². The summed E-state index contributed by atoms with van der Waals surface area (Å²) in [6.45, 7) is 6.43. The number of benzene rings is 1. The Morgan fingerprint density at radius 1 is 1.28 bits per heavy atom. The molecule has 2 aliphatic rings. The Bertz CT molecular complexity index is 804. The zero-order valence-electron chi connectivity index (χ0n) is 14.3. The van der Waals surface area contributed by atoms with E-state index in [4.69, 9.17) is 14.2 Å². The fraction of sp³-hybridized carbons (Fsp3) is 0.471. The Kier molecular flexibility index (Phi) is 4.04. The SMILES string of the molecule is CCOCc1nnc2n1CCN(C(=O)c1ccc3c(c1)OCO3)[C@H]2C. The van der Waals surface area contributed by atoms with Crippen LogP contribution in [0.15, 0.2) is 18.2 Å². The van der Waals surface area contributed by atoms with Gasteiger partial charge in [-0.1, -0.05) is 0 Å². The summed E-state index contributed by atoms with van der Waals surface area (Å²) in [5.41, 5.74) is 0.582. The molecule has 0 unspecified atom stereocenters. The van der Waals surface area contributed by atoms with Crippen LogP contribution in [0.2, 0.25) is 0 Å². The van der Waals surface area contributed by atoms with Crippen LogP contribution in [0.25, 0.3) is 0 Å². The molecule has 0 saturated carbocycles. The van der Waals surface area contributed by atoms with Gasteiger partial charge >= 0.3 is 0 Å². The van der Waals surface area contributed by atoms with Crippen LogP contribution in [-0.2, 0) is 17.9 Å². The molecule has 0 bridgehead atoms. The van der Waals surface area contributed by atoms with Crippen LogP contribution in [0.4, 0.5) is 0 Å². The van der Waals surface area contributed by atoms with Crippen LogP contribution in [0.1, 0.15) is 41.9 Å². The summed E-state index contributed by atoms with van der Waals surface area (Å²) in [6, 6.07) is 5.11. The topological polar surface area (TPSA) is 78.7 Å². The molecule has 0 N–H and O–H groups in total. The summed E-state index contributed by atoms with van der Waals surface area (Å²) >= 11 is 0. The van der Waals surface area contributed by atoms with E-state index in [0.29, 0.717) is 43.4 Å². The first-order valence-electron chi connectivity index (χ1n) is 8.39. The summed E-state index contributed by atoms with van der Waals surface area (Å²) in [6.07, 6.45) is 0. The van der Waals surface area contributed by atoms with Gasteiger partial charge in [0.1, 0.15) is 6.61 Å². The van der Waals surface area contributed by atoms with Gasteiger partial charge in [0, 0.05) is 25.3 Å². The molecule has 3 heterocycles. The van der Waals surface area contributed by atoms with Gasteiger partial charge in [0.15, 0.2) is 23.1 Å². The molecule has 0 spiro atoms. The molecule has 1 atom stereocenters. The maximum absolute atomic E-state index is 12.9. The van der Waals surface area contributed by atoms with Crippen LogP contribution >= 0.6 is 0 Å². The molecule has 8 heteroatoms. The molecule has 2 aliphatic heterocycles. The predicted octanol–water partition coefficient (Wildman–Crippen LogP) is 1.76. The van der Waals surface area contributed by atoms with E-state index >= 15 is 0 Å². The number of hydrogen-bond acceptors (Lipinski definition) is 6. The number of fused-ring (bicyclic) bond motifs is 2. The van der Waals surface area contributed by atoms with Crippen molar-refractivity contribution in [3.8, 4) is 11.5 Å². The lowest BCUT2D eigenvalue weighted by Gasteiger charge is -2.33. The van der Waals surface area contributed by atoms with Crippen LogP contribution in [-0.4, -0.2) is 45.5 Å². The minimum absolute atomic E-state index is 0.0496. The number of carbonyl (C=O) groups excluding carboxylic acids is 1. The zero-order valence-corrected chi connectivity index (χ0v) is 14.3. The highest BCUT2D eigenvalue weighted by Crippen LogP contribution is 2.34. The molecule has 132 valence electrons. The molecule has 0 radical (unpaired) electrons. The average molecular weight is 344 g/mol. The van der Waals surface area contributed by atoms with Crippen molar-refractivity contribution in [2.24, 2.45) is 0 Å². The molecular formula is C17H20N4O4. The van der Waals surface area contributed by atoms with E-state index in [1.807, 2.05) is 23.3 Å². The molecule has 4 rings (SSSR count). The zero-order chi connectivity index (χ0) is 17.4. The van der Waals surface area contributed by atoms with Gasteiger partial charge in [-0.2, -0.15) is 0 Å². The lowest BCUT2D eigenvalue weighted by atomic mass is 10.1. The van der Waals surface area contributed by atoms with Crippen molar-refractivity contribution in [3.63, 3.8) is 0 Å². The van der Waals surface area contributed by atoms with Crippen LogP contribution < -0.4 is 9.47 Å². The van der Waals surface area contributed by atoms with E-state index in [-0.39, 0.29) is 18.7 Å². The van der Waals surface area contributed by atoms with E-state index in [0.717, 1.165) is 11.6 Å². The lowest BCUT2D eigenvalue weighted by molar-refractivity contribution is 0.0629. The number of ether oxygens (including phenoxy) is 3. The number of amides is 1. The second kappa shape index (κ2) is 6.36. The summed E-state index contributed by atoms with van der Waals surface area (Å²) in [7, 11) is 0. The fourth-order valence-corrected chi connectivity index (χ4v) is 3.22. The summed E-state index contributed by atoms with van der Waals surface area (Å²) in [5.74, 6) is 2.82. The van der Waals surface area contributed by atoms with Crippen LogP contribution in [0, 0.1) is 0 Å². The summed E-state index contributed by atoms with van der Waals surface area (Å²) in [5, 5.41) is 8.48. The third-order valence-corrected chi connectivity index (χ3v) is 4.58. The predicted molar refractivity (Wildman–Crippen MR) is 87.4 cm³/mol. The standard InChI is InChI=1S/C17H20N4O4/c1-3-23-9-15-18-19-16-11(2)20(6-7-21(15)16)17(22)12-4-5-13-14(8-12)25-10-24-13/h4-5,8,11H,3,6-7,9-10H2,1-2H3/t11-/m0/s1. The Labute approximate surface area is 145 Å². The Morgan fingerprint density at radius 3 is 2.96 bits per heavy atom. The molecular weight excluding hydrogens is 324 g/mol. The highest BCUT2D eigenvalue weighted by molar-refractivity contribution is 5.95. The van der Waals surface area contributed by atoms with E-state index in [1.165, 1.54) is 0 Å². The smallest absolute Gasteiger partial charge is 0.254 e. The molecule has 1 amide bonds. The first kappa shape index (κ1) is 15.9. The number of nitrogens with zero attached hydrogens (tertiary/aromatic N) is 4. The normalized spacial score (nSPS) is 18.3. The quantitative estimate of drug-likeness (QED) is 0.841. The molecule has 0 saturated heterocycles. The van der Waals surface area contributed by atoms with Crippen molar-refractivity contribution >= 4 is 5.91 Å². The van der Waals surface area contributed by atoms with Crippen LogP contribution in [0.5, 0.6) is 11.5 Å². The maximum atomic E-state index is 12.9. The van der Waals surface area contributed by atoms with E-state index in [9.17, 15) is 4.79 Å². The van der Waals surface area contributed by atoms with Crippen molar-refractivity contribution in [2.75, 3.05) is 19.9 Å². The minimum atomic E-state index is -0.158. The lowest BCUT2D eigenvalue weighted by Crippen LogP contribution is -2.41. The van der Waals surface area contributed by atoms with Crippen molar-refractivity contribution in [1.29, 1.82) is 0 Å². The van der Waals surface area contributed by atoms with E-state index in [1.54, 1.807) is 18.2 Å². The second-order valence-corrected chi connectivity index (χ2v) is 6.01. The molecule has 1 aromatic carbocycles. The molecule has 0 aliphatic carbocycles. The van der Waals surface area contributed by atoms with Gasteiger partial charge in [-0.3, -0.25) is 4.79 Å². The maximum Gasteiger partial charge on any atom is 0.254 e. The number of carbonyl (C=O) groups is 1. The third-order valence-electron chi connectivity index (χ3n) is 4.58. The van der Waals surface area contributed by atoms with Crippen LogP contribution in [0.3, 0.4) is 0 Å². The highest BCUT2D eigenvalue weighted by Gasteiger charge is 2.32. The number of hydrogen-bond donors (Lipinski definition) is 0. The average Bonchev–Trinajstić information content (AvgIpc) is 3.26. The number of rotatable bonds is 4. The van der Waals surface area contributed by atoms with Crippen molar-refractivity contribution < 1.29 is 19.0 Å². The largest absolute Gasteiger partial charge is 0.454 e.